The van der Waals surface area contributed by atoms with E-state index in [9.17, 15) is 24.1 Å². The highest BCUT2D eigenvalue weighted by atomic mass is 35.5. The molecule has 0 bridgehead atoms. The number of benzene rings is 3. The molecule has 0 spiro atoms. The predicted octanol–water partition coefficient (Wildman–Crippen LogP) is 6.12. The number of ether oxygens (including phenoxy) is 1. The van der Waals surface area contributed by atoms with Crippen LogP contribution < -0.4 is 5.32 Å². The number of anilines is 1. The molecule has 1 fully saturated rings. The van der Waals surface area contributed by atoms with Gasteiger partial charge in [0.15, 0.2) is 0 Å². The number of nitrogens with zero attached hydrogens (tertiary/aromatic N) is 1. The zero-order valence-electron chi connectivity index (χ0n) is 18.6. The van der Waals surface area contributed by atoms with Gasteiger partial charge < -0.3 is 10.1 Å². The topological polar surface area (TPSA) is 98.5 Å². The second kappa shape index (κ2) is 10.2. The van der Waals surface area contributed by atoms with Crippen molar-refractivity contribution in [2.45, 2.75) is 37.2 Å². The molecule has 1 amide bonds. The molecule has 1 saturated carbocycles. The summed E-state index contributed by atoms with van der Waals surface area (Å²) in [6.45, 7) is 0. The van der Waals surface area contributed by atoms with Gasteiger partial charge in [-0.2, -0.15) is 0 Å². The lowest BCUT2D eigenvalue weighted by atomic mass is 9.79. The van der Waals surface area contributed by atoms with Gasteiger partial charge in [0.05, 0.1) is 10.3 Å². The van der Waals surface area contributed by atoms with Gasteiger partial charge in [0.25, 0.3) is 11.6 Å². The van der Waals surface area contributed by atoms with E-state index in [-0.39, 0.29) is 16.4 Å². The number of hydrogen-bond acceptors (Lipinski definition) is 5. The van der Waals surface area contributed by atoms with Crippen molar-refractivity contribution in [1.29, 1.82) is 0 Å². The molecule has 0 saturated heterocycles. The highest BCUT2D eigenvalue weighted by Gasteiger charge is 2.46. The third-order valence-electron chi connectivity index (χ3n) is 6.22. The van der Waals surface area contributed by atoms with Gasteiger partial charge in [0.1, 0.15) is 10.8 Å². The van der Waals surface area contributed by atoms with Crippen LogP contribution in [0.25, 0.3) is 0 Å². The number of nitro groups is 1. The van der Waals surface area contributed by atoms with Gasteiger partial charge in [-0.25, -0.2) is 4.39 Å². The van der Waals surface area contributed by atoms with E-state index in [1.54, 1.807) is 42.5 Å². The van der Waals surface area contributed by atoms with E-state index in [0.717, 1.165) is 18.9 Å². The Hall–Kier alpha value is -3.78. The van der Waals surface area contributed by atoms with Crippen molar-refractivity contribution in [2.24, 2.45) is 0 Å². The summed E-state index contributed by atoms with van der Waals surface area (Å²) in [4.78, 5) is 37.4. The first-order valence-electron chi connectivity index (χ1n) is 11.1. The van der Waals surface area contributed by atoms with Crippen molar-refractivity contribution in [3.8, 4) is 0 Å². The molecular formula is C26H22ClFN2O5. The van der Waals surface area contributed by atoms with Gasteiger partial charge in [-0.15, -0.1) is 0 Å². The van der Waals surface area contributed by atoms with Gasteiger partial charge in [0, 0.05) is 17.3 Å². The molecule has 1 atom stereocenters. The lowest BCUT2D eigenvalue weighted by molar-refractivity contribution is -0.384. The molecule has 0 aliphatic heterocycles. The molecule has 1 aliphatic carbocycles. The van der Waals surface area contributed by atoms with Gasteiger partial charge in [-0.05, 0) is 42.7 Å². The fourth-order valence-corrected chi connectivity index (χ4v) is 4.60. The van der Waals surface area contributed by atoms with Crippen molar-refractivity contribution >= 4 is 34.9 Å². The van der Waals surface area contributed by atoms with Crippen LogP contribution in [0.3, 0.4) is 0 Å². The Labute approximate surface area is 206 Å². The van der Waals surface area contributed by atoms with Crippen molar-refractivity contribution in [1.82, 2.24) is 0 Å². The zero-order chi connectivity index (χ0) is 25.0. The second-order valence-electron chi connectivity index (χ2n) is 8.40. The molecule has 35 heavy (non-hydrogen) atoms. The highest BCUT2D eigenvalue weighted by molar-refractivity contribution is 6.32. The SMILES string of the molecule is O=C(Nc1ccc(Cl)c([N+](=O)[O-])c1)C(OC(=O)C1(c2ccc(F)cc2)CCCC1)c1ccccc1. The molecule has 1 aliphatic rings. The summed E-state index contributed by atoms with van der Waals surface area (Å²) < 4.78 is 19.4. The first-order valence-corrected chi connectivity index (χ1v) is 11.4. The maximum atomic E-state index is 13.6. The molecule has 4 rings (SSSR count). The van der Waals surface area contributed by atoms with Crippen molar-refractivity contribution in [3.05, 3.63) is 105 Å². The molecule has 1 unspecified atom stereocenters. The fourth-order valence-electron chi connectivity index (χ4n) is 4.42. The van der Waals surface area contributed by atoms with Crippen LogP contribution in [0.4, 0.5) is 15.8 Å². The van der Waals surface area contributed by atoms with Gasteiger partial charge >= 0.3 is 5.97 Å². The zero-order valence-corrected chi connectivity index (χ0v) is 19.3. The minimum atomic E-state index is -1.31. The Balaban J connectivity index is 1.64. The number of nitro benzene ring substituents is 1. The number of nitrogens with one attached hydrogen (secondary N) is 1. The van der Waals surface area contributed by atoms with Crippen LogP contribution in [0.2, 0.25) is 5.02 Å². The van der Waals surface area contributed by atoms with Crippen LogP contribution in [0.5, 0.6) is 0 Å². The smallest absolute Gasteiger partial charge is 0.317 e. The largest absolute Gasteiger partial charge is 0.447 e. The minimum Gasteiger partial charge on any atom is -0.447 e. The first kappa shape index (κ1) is 24.3. The van der Waals surface area contributed by atoms with Crippen LogP contribution >= 0.6 is 11.6 Å². The monoisotopic (exact) mass is 496 g/mol. The van der Waals surface area contributed by atoms with E-state index in [0.29, 0.717) is 24.0 Å². The molecule has 180 valence electrons. The minimum absolute atomic E-state index is 0.0680. The second-order valence-corrected chi connectivity index (χ2v) is 8.81. The molecule has 1 N–H and O–H groups in total. The standard InChI is InChI=1S/C26H22ClFN2O5/c27-21-13-12-20(16-22(21)30(33)34)29-24(31)23(17-6-2-1-3-7-17)35-25(32)26(14-4-5-15-26)18-8-10-19(28)11-9-18/h1-3,6-13,16,23H,4-5,14-15H2,(H,29,31). The Morgan fingerprint density at radius 1 is 1.03 bits per heavy atom. The molecule has 0 radical (unpaired) electrons. The Bertz CT molecular complexity index is 1240. The van der Waals surface area contributed by atoms with E-state index in [1.807, 2.05) is 0 Å². The third kappa shape index (κ3) is 5.17. The quantitative estimate of drug-likeness (QED) is 0.241. The fraction of sp³-hybridized carbons (Fsp3) is 0.231. The van der Waals surface area contributed by atoms with E-state index in [4.69, 9.17) is 16.3 Å². The summed E-state index contributed by atoms with van der Waals surface area (Å²) in [6, 6.07) is 18.1. The lowest BCUT2D eigenvalue weighted by Gasteiger charge is -2.29. The van der Waals surface area contributed by atoms with Gasteiger partial charge in [-0.3, -0.25) is 19.7 Å². The maximum absolute atomic E-state index is 13.6. The number of rotatable bonds is 7. The van der Waals surface area contributed by atoms with Gasteiger partial charge in [-0.1, -0.05) is 66.9 Å². The van der Waals surface area contributed by atoms with Crippen molar-refractivity contribution < 1.29 is 23.6 Å². The van der Waals surface area contributed by atoms with E-state index in [2.05, 4.69) is 5.32 Å². The van der Waals surface area contributed by atoms with Crippen molar-refractivity contribution in [2.75, 3.05) is 5.32 Å². The summed E-state index contributed by atoms with van der Waals surface area (Å²) in [5.74, 6) is -1.66. The van der Waals surface area contributed by atoms with Crippen LogP contribution in [0, 0.1) is 15.9 Å². The lowest BCUT2D eigenvalue weighted by Crippen LogP contribution is -2.38. The average Bonchev–Trinajstić information content (AvgIpc) is 3.35. The molecule has 0 heterocycles. The summed E-state index contributed by atoms with van der Waals surface area (Å²) >= 11 is 5.86. The van der Waals surface area contributed by atoms with Crippen LogP contribution in [0.1, 0.15) is 42.9 Å². The molecule has 3 aromatic carbocycles. The Morgan fingerprint density at radius 2 is 1.69 bits per heavy atom. The van der Waals surface area contributed by atoms with Gasteiger partial charge in [0.2, 0.25) is 6.10 Å². The molecular weight excluding hydrogens is 475 g/mol. The molecule has 3 aromatic rings. The van der Waals surface area contributed by atoms with E-state index in [1.165, 1.54) is 24.3 Å². The third-order valence-corrected chi connectivity index (χ3v) is 6.54. The van der Waals surface area contributed by atoms with Crippen molar-refractivity contribution in [3.63, 3.8) is 0 Å². The van der Waals surface area contributed by atoms with E-state index >= 15 is 0 Å². The number of amides is 1. The Morgan fingerprint density at radius 3 is 2.31 bits per heavy atom. The number of carbonyl (C=O) groups is 2. The predicted molar refractivity (Wildman–Crippen MR) is 129 cm³/mol. The highest BCUT2D eigenvalue weighted by Crippen LogP contribution is 2.43. The van der Waals surface area contributed by atoms with Crippen LogP contribution in [-0.2, 0) is 19.7 Å². The summed E-state index contributed by atoms with van der Waals surface area (Å²) in [7, 11) is 0. The van der Waals surface area contributed by atoms with E-state index < -0.39 is 34.1 Å². The number of carbonyl (C=O) groups excluding carboxylic acids is 2. The first-order chi connectivity index (χ1) is 16.8. The molecule has 9 heteroatoms. The van der Waals surface area contributed by atoms with Crippen LogP contribution in [-0.4, -0.2) is 16.8 Å². The maximum Gasteiger partial charge on any atom is 0.317 e. The van der Waals surface area contributed by atoms with Crippen LogP contribution in [0.15, 0.2) is 72.8 Å². The Kier molecular flexibility index (Phi) is 7.12. The summed E-state index contributed by atoms with van der Waals surface area (Å²) in [6.07, 6.45) is 1.32. The normalized spacial score (nSPS) is 15.3. The summed E-state index contributed by atoms with van der Waals surface area (Å²) in [5.41, 5.74) is -0.132. The molecule has 7 nitrogen and oxygen atoms in total. The average molecular weight is 497 g/mol. The number of hydrogen-bond donors (Lipinski definition) is 1. The summed E-state index contributed by atoms with van der Waals surface area (Å²) in [5, 5.41) is 13.7. The number of esters is 1. The number of halogens is 2. The molecule has 0 aromatic heterocycles.